The van der Waals surface area contributed by atoms with Gasteiger partial charge in [0.2, 0.25) is 18.4 Å². The number of hydrogen-bond donors (Lipinski definition) is 1. The number of ketones is 2. The minimum Gasteiger partial charge on any atom is -0.478 e. The molecule has 0 amide bonds. The quantitative estimate of drug-likeness (QED) is 0.462. The van der Waals surface area contributed by atoms with Crippen LogP contribution in [-0.2, 0) is 19.0 Å². The zero-order chi connectivity index (χ0) is 23.8. The van der Waals surface area contributed by atoms with E-state index in [1.54, 1.807) is 6.08 Å². The summed E-state index contributed by atoms with van der Waals surface area (Å²) >= 11 is 6.30. The fraction of sp³-hybridized carbons (Fsp3) is 0.522. The van der Waals surface area contributed by atoms with Crippen LogP contribution in [0, 0.1) is 5.92 Å². The molecule has 2 unspecified atom stereocenters. The standard InChI is InChI=1S/C23H25ClO9/c1-12-8-14(25)22(30-10-12)31-11-16(29-2)32-15-9-13(21(27)28)18(24)19-17(15)20(26)23(33-19)6-4-3-5-7-23/h4,6,9,12,16,22H,3,5,7-8,10-11H2,1-2H3,(H,27,28)/t12-,16?,22?,23-/m1/s1. The number of Topliss-reactive ketones (excluding diaryl/α,β-unsaturated/α-hetero) is 2. The Bertz CT molecular complexity index is 1000. The van der Waals surface area contributed by atoms with E-state index >= 15 is 0 Å². The van der Waals surface area contributed by atoms with Gasteiger partial charge in [-0.25, -0.2) is 4.79 Å². The molecule has 4 rings (SSSR count). The summed E-state index contributed by atoms with van der Waals surface area (Å²) in [7, 11) is 1.36. The molecule has 3 aliphatic rings. The molecular weight excluding hydrogens is 456 g/mol. The van der Waals surface area contributed by atoms with Gasteiger partial charge < -0.3 is 28.8 Å². The lowest BCUT2D eigenvalue weighted by molar-refractivity contribution is -0.205. The van der Waals surface area contributed by atoms with Gasteiger partial charge in [-0.05, 0) is 37.3 Å². The van der Waals surface area contributed by atoms with Crippen molar-refractivity contribution in [1.29, 1.82) is 0 Å². The van der Waals surface area contributed by atoms with Crippen molar-refractivity contribution in [2.45, 2.75) is 50.8 Å². The molecule has 4 atom stereocenters. The van der Waals surface area contributed by atoms with Crippen molar-refractivity contribution in [3.63, 3.8) is 0 Å². The topological polar surface area (TPSA) is 118 Å². The zero-order valence-electron chi connectivity index (χ0n) is 18.3. The largest absolute Gasteiger partial charge is 0.478 e. The Labute approximate surface area is 195 Å². The number of carbonyl (C=O) groups is 3. The molecule has 1 N–H and O–H groups in total. The molecule has 0 aromatic heterocycles. The van der Waals surface area contributed by atoms with Gasteiger partial charge in [-0.2, -0.15) is 0 Å². The molecule has 1 aromatic rings. The number of carbonyl (C=O) groups excluding carboxylic acids is 2. The minimum absolute atomic E-state index is 0.0290. The number of hydrogen-bond acceptors (Lipinski definition) is 8. The van der Waals surface area contributed by atoms with Gasteiger partial charge in [0.05, 0.1) is 17.2 Å². The van der Waals surface area contributed by atoms with Crippen molar-refractivity contribution >= 4 is 29.1 Å². The maximum absolute atomic E-state index is 13.4. The van der Waals surface area contributed by atoms with E-state index in [2.05, 4.69) is 0 Å². The monoisotopic (exact) mass is 480 g/mol. The summed E-state index contributed by atoms with van der Waals surface area (Å²) in [6.45, 7) is 2.11. The van der Waals surface area contributed by atoms with E-state index in [0.717, 1.165) is 12.8 Å². The average Bonchev–Trinajstić information content (AvgIpc) is 3.06. The molecule has 1 fully saturated rings. The van der Waals surface area contributed by atoms with E-state index in [1.807, 2.05) is 13.0 Å². The van der Waals surface area contributed by atoms with Gasteiger partial charge in [-0.3, -0.25) is 9.59 Å². The van der Waals surface area contributed by atoms with Crippen LogP contribution >= 0.6 is 11.6 Å². The lowest BCUT2D eigenvalue weighted by Crippen LogP contribution is -2.39. The van der Waals surface area contributed by atoms with Crippen LogP contribution in [0.25, 0.3) is 0 Å². The first kappa shape index (κ1) is 23.7. The Balaban J connectivity index is 1.60. The number of allylic oxidation sites excluding steroid dienone is 1. The lowest BCUT2D eigenvalue weighted by atomic mass is 9.85. The van der Waals surface area contributed by atoms with Gasteiger partial charge in [0.25, 0.3) is 0 Å². The summed E-state index contributed by atoms with van der Waals surface area (Å²) in [5.41, 5.74) is -1.46. The van der Waals surface area contributed by atoms with Crippen molar-refractivity contribution in [1.82, 2.24) is 0 Å². The third kappa shape index (κ3) is 4.50. The normalized spacial score (nSPS) is 27.4. The number of halogens is 1. The molecule has 0 bridgehead atoms. The molecule has 1 saturated heterocycles. The van der Waals surface area contributed by atoms with Crippen molar-refractivity contribution in [3.05, 3.63) is 34.4 Å². The van der Waals surface area contributed by atoms with E-state index in [9.17, 15) is 19.5 Å². The van der Waals surface area contributed by atoms with Crippen LogP contribution in [0.2, 0.25) is 5.02 Å². The van der Waals surface area contributed by atoms with Gasteiger partial charge in [-0.1, -0.05) is 24.6 Å². The first-order valence-corrected chi connectivity index (χ1v) is 11.1. The van der Waals surface area contributed by atoms with E-state index < -0.39 is 24.2 Å². The van der Waals surface area contributed by atoms with Crippen LogP contribution in [0.1, 0.15) is 53.3 Å². The number of fused-ring (bicyclic) bond motifs is 1. The minimum atomic E-state index is -1.30. The molecule has 0 radical (unpaired) electrons. The first-order chi connectivity index (χ1) is 15.8. The number of benzene rings is 1. The molecule has 178 valence electrons. The molecule has 1 aliphatic carbocycles. The van der Waals surface area contributed by atoms with Gasteiger partial charge in [0, 0.05) is 13.5 Å². The van der Waals surface area contributed by atoms with Crippen molar-refractivity contribution in [3.8, 4) is 11.5 Å². The summed E-state index contributed by atoms with van der Waals surface area (Å²) in [4.78, 5) is 37.3. The number of carboxylic acids is 1. The Morgan fingerprint density at radius 3 is 2.82 bits per heavy atom. The number of rotatable bonds is 7. The second-order valence-electron chi connectivity index (χ2n) is 8.42. The van der Waals surface area contributed by atoms with Crippen molar-refractivity contribution in [2.24, 2.45) is 5.92 Å². The Hall–Kier alpha value is -2.46. The van der Waals surface area contributed by atoms with Crippen LogP contribution in [0.4, 0.5) is 0 Å². The van der Waals surface area contributed by atoms with E-state index in [4.69, 9.17) is 35.3 Å². The summed E-state index contributed by atoms with van der Waals surface area (Å²) in [6.07, 6.45) is 3.78. The smallest absolute Gasteiger partial charge is 0.337 e. The van der Waals surface area contributed by atoms with Gasteiger partial charge >= 0.3 is 5.97 Å². The maximum Gasteiger partial charge on any atom is 0.337 e. The fourth-order valence-electron chi connectivity index (χ4n) is 4.17. The van der Waals surface area contributed by atoms with Crippen LogP contribution < -0.4 is 9.47 Å². The second kappa shape index (κ2) is 9.42. The van der Waals surface area contributed by atoms with Crippen LogP contribution in [0.3, 0.4) is 0 Å². The predicted molar refractivity (Wildman–Crippen MR) is 115 cm³/mol. The average molecular weight is 481 g/mol. The van der Waals surface area contributed by atoms with Crippen LogP contribution in [0.5, 0.6) is 11.5 Å². The molecule has 0 saturated carbocycles. The van der Waals surface area contributed by atoms with Crippen LogP contribution in [-0.4, -0.2) is 61.1 Å². The summed E-state index contributed by atoms with van der Waals surface area (Å²) < 4.78 is 28.1. The third-order valence-corrected chi connectivity index (χ3v) is 6.24. The Morgan fingerprint density at radius 2 is 2.18 bits per heavy atom. The first-order valence-electron chi connectivity index (χ1n) is 10.7. The Morgan fingerprint density at radius 1 is 1.39 bits per heavy atom. The molecule has 33 heavy (non-hydrogen) atoms. The number of aromatic carboxylic acids is 1. The number of methoxy groups -OCH3 is 1. The van der Waals surface area contributed by atoms with Crippen molar-refractivity contribution in [2.75, 3.05) is 20.3 Å². The molecule has 2 aliphatic heterocycles. The molecule has 9 nitrogen and oxygen atoms in total. The summed E-state index contributed by atoms with van der Waals surface area (Å²) in [5.74, 6) is -1.81. The highest BCUT2D eigenvalue weighted by Crippen LogP contribution is 2.49. The SMILES string of the molecule is COC(COC1OC[C@H](C)CC1=O)Oc1cc(C(=O)O)c(Cl)c2c1C(=O)[C@]1(C=CCCC1)O2. The number of carboxylic acid groups (broad SMARTS) is 1. The van der Waals surface area contributed by atoms with Gasteiger partial charge in [0.15, 0.2) is 17.1 Å². The fourth-order valence-corrected chi connectivity index (χ4v) is 4.43. The highest BCUT2D eigenvalue weighted by atomic mass is 35.5. The lowest BCUT2D eigenvalue weighted by Gasteiger charge is -2.27. The molecular formula is C23H25ClO9. The van der Waals surface area contributed by atoms with Crippen molar-refractivity contribution < 1.29 is 43.2 Å². The summed E-state index contributed by atoms with van der Waals surface area (Å²) in [5, 5.41) is 9.43. The highest BCUT2D eigenvalue weighted by molar-refractivity contribution is 6.36. The Kier molecular flexibility index (Phi) is 6.76. The molecule has 1 spiro atoms. The predicted octanol–water partition coefficient (Wildman–Crippen LogP) is 3.41. The number of ether oxygens (including phenoxy) is 5. The highest BCUT2D eigenvalue weighted by Gasteiger charge is 2.50. The second-order valence-corrected chi connectivity index (χ2v) is 8.80. The molecule has 10 heteroatoms. The maximum atomic E-state index is 13.4. The van der Waals surface area contributed by atoms with Crippen LogP contribution in [0.15, 0.2) is 18.2 Å². The summed E-state index contributed by atoms with van der Waals surface area (Å²) in [6, 6.07) is 1.17. The van der Waals surface area contributed by atoms with Gasteiger partial charge in [-0.15, -0.1) is 0 Å². The zero-order valence-corrected chi connectivity index (χ0v) is 19.1. The van der Waals surface area contributed by atoms with Gasteiger partial charge in [0.1, 0.15) is 17.9 Å². The molecule has 1 aromatic carbocycles. The van der Waals surface area contributed by atoms with E-state index in [1.165, 1.54) is 13.2 Å². The van der Waals surface area contributed by atoms with E-state index in [-0.39, 0.29) is 51.7 Å². The molecule has 2 heterocycles. The third-order valence-electron chi connectivity index (χ3n) is 5.87. The van der Waals surface area contributed by atoms with E-state index in [0.29, 0.717) is 19.4 Å².